The number of unbranched alkanes of at least 4 members (excludes halogenated alkanes) is 1. The summed E-state index contributed by atoms with van der Waals surface area (Å²) in [5, 5.41) is 111. The van der Waals surface area contributed by atoms with Crippen LogP contribution in [0, 0.1) is 12.8 Å². The number of nitrogen functional groups attached to an aromatic ring is 1. The van der Waals surface area contributed by atoms with Gasteiger partial charge in [-0.2, -0.15) is 0 Å². The van der Waals surface area contributed by atoms with Crippen molar-refractivity contribution in [2.24, 2.45) is 34.6 Å². The van der Waals surface area contributed by atoms with E-state index in [9.17, 15) is 74.4 Å². The van der Waals surface area contributed by atoms with Crippen molar-refractivity contribution in [2.75, 3.05) is 58.2 Å². The number of nitrogens with one attached hydrogen (secondary N) is 8. The van der Waals surface area contributed by atoms with Gasteiger partial charge in [0.25, 0.3) is 11.8 Å². The van der Waals surface area contributed by atoms with E-state index in [4.69, 9.17) is 58.1 Å². The monoisotopic (exact) mass is 1540 g/mol. The number of aliphatic hydroxyl groups excluding tert-OH is 8. The zero-order valence-corrected chi connectivity index (χ0v) is 58.5. The molecule has 4 aromatic rings. The van der Waals surface area contributed by atoms with Crippen LogP contribution in [0.4, 0.5) is 10.6 Å². The van der Waals surface area contributed by atoms with Gasteiger partial charge in [-0.25, -0.2) is 29.7 Å². The number of nitrogens with two attached hydrogens (primary N) is 6. The van der Waals surface area contributed by atoms with Crippen molar-refractivity contribution in [2.45, 2.75) is 170 Å². The molecule has 19 atom stereocenters. The van der Waals surface area contributed by atoms with Gasteiger partial charge >= 0.3 is 6.09 Å². The first-order valence-corrected chi connectivity index (χ1v) is 33.1. The summed E-state index contributed by atoms with van der Waals surface area (Å²) >= 11 is 2.50. The van der Waals surface area contributed by atoms with Crippen molar-refractivity contribution in [1.82, 2.24) is 67.1 Å². The molecule has 0 spiro atoms. The minimum absolute atomic E-state index is 0. The maximum Gasteiger partial charge on any atom is 0.404 e. The fourth-order valence-corrected chi connectivity index (χ4v) is 11.8. The second kappa shape index (κ2) is 41.4. The number of anilines is 1. The Morgan fingerprint density at radius 1 is 0.752 bits per heavy atom. The van der Waals surface area contributed by atoms with Crippen molar-refractivity contribution in [3.05, 3.63) is 56.8 Å². The van der Waals surface area contributed by atoms with Gasteiger partial charge in [0.05, 0.1) is 72.7 Å². The topological polar surface area (TPSA) is 665 Å². The number of halogens is 1. The van der Waals surface area contributed by atoms with Gasteiger partial charge in [0.2, 0.25) is 29.5 Å². The molecule has 101 heavy (non-hydrogen) atoms. The van der Waals surface area contributed by atoms with E-state index < -0.39 is 183 Å². The molecule has 2 unspecified atom stereocenters. The molecule has 44 heteroatoms. The number of aromatic amines is 1. The molecule has 2 aliphatic rings. The number of ether oxygens (including phenoxy) is 5. The average molecular weight is 1540 g/mol. The maximum absolute atomic E-state index is 15.2. The molecule has 2 aliphatic heterocycles. The van der Waals surface area contributed by atoms with E-state index in [1.54, 1.807) is 10.8 Å². The summed E-state index contributed by atoms with van der Waals surface area (Å²) in [6.07, 6.45) is -22.5. The molecule has 0 aromatic carbocycles. The third-order valence-electron chi connectivity index (χ3n) is 15.9. The number of hydrogen-bond donors (Lipinski definition) is 22. The largest absolute Gasteiger partial charge is 0.441 e. The van der Waals surface area contributed by atoms with Crippen molar-refractivity contribution < 1.29 is 120 Å². The predicted octanol–water partition coefficient (Wildman–Crippen LogP) is -7.83. The van der Waals surface area contributed by atoms with Crippen molar-refractivity contribution in [1.29, 1.82) is 0 Å². The number of thiazole rings is 2. The number of H-pyrrole nitrogens is 1. The number of imidazole rings is 1. The molecule has 2 fully saturated rings. The second-order valence-electron chi connectivity index (χ2n) is 23.4. The first-order valence-electron chi connectivity index (χ1n) is 31.4. The Labute approximate surface area is 602 Å². The molecule has 0 bridgehead atoms. The first kappa shape index (κ1) is 86.5. The smallest absolute Gasteiger partial charge is 0.404 e. The molecule has 6 heterocycles. The van der Waals surface area contributed by atoms with Crippen molar-refractivity contribution in [3.8, 4) is 10.7 Å². The molecule has 8 amide bonds. The van der Waals surface area contributed by atoms with Gasteiger partial charge in [-0.3, -0.25) is 33.6 Å². The molecular formula is C57H90ClCuN19O21S2. The number of amides is 8. The van der Waals surface area contributed by atoms with Gasteiger partial charge in [-0.15, -0.1) is 35.1 Å². The summed E-state index contributed by atoms with van der Waals surface area (Å²) in [4.78, 5) is 131. The van der Waals surface area contributed by atoms with E-state index in [-0.39, 0.29) is 83.5 Å². The van der Waals surface area contributed by atoms with Crippen LogP contribution in [-0.4, -0.2) is 268 Å². The Morgan fingerprint density at radius 3 is 2.07 bits per heavy atom. The number of carbonyl (C=O) groups is 8. The van der Waals surface area contributed by atoms with Crippen LogP contribution in [0.3, 0.4) is 0 Å². The summed E-state index contributed by atoms with van der Waals surface area (Å²) in [7, 11) is 0. The molecule has 569 valence electrons. The van der Waals surface area contributed by atoms with E-state index in [2.05, 4.69) is 67.1 Å². The van der Waals surface area contributed by atoms with Gasteiger partial charge in [0.15, 0.2) is 18.7 Å². The van der Waals surface area contributed by atoms with Crippen molar-refractivity contribution in [3.63, 3.8) is 0 Å². The Kier molecular flexibility index (Phi) is 35.4. The molecule has 2 saturated heterocycles. The number of aliphatic hydroxyl groups is 8. The van der Waals surface area contributed by atoms with E-state index in [1.807, 2.05) is 0 Å². The van der Waals surface area contributed by atoms with E-state index in [1.165, 1.54) is 50.4 Å². The van der Waals surface area contributed by atoms with Crippen LogP contribution in [0.25, 0.3) is 10.7 Å². The minimum atomic E-state index is -2.20. The fraction of sp³-hybridized carbons (Fsp3) is 0.632. The third kappa shape index (κ3) is 24.1. The number of primary amides is 3. The second-order valence-corrected chi connectivity index (χ2v) is 25.2. The number of aromatic nitrogens is 6. The summed E-state index contributed by atoms with van der Waals surface area (Å²) in [6, 6.07) is -7.87. The van der Waals surface area contributed by atoms with Crippen LogP contribution in [0.1, 0.15) is 102 Å². The van der Waals surface area contributed by atoms with E-state index >= 15 is 4.79 Å². The van der Waals surface area contributed by atoms with Gasteiger partial charge in [0, 0.05) is 65.9 Å². The van der Waals surface area contributed by atoms with Crippen LogP contribution in [0.5, 0.6) is 0 Å². The Balaban J connectivity index is 0.0000108. The van der Waals surface area contributed by atoms with Crippen LogP contribution < -0.4 is 71.6 Å². The molecular weight excluding hydrogens is 1450 g/mol. The third-order valence-corrected chi connectivity index (χ3v) is 17.7. The first-order chi connectivity index (χ1) is 47.0. The Hall–Kier alpha value is -6.92. The van der Waals surface area contributed by atoms with Crippen LogP contribution >= 0.6 is 35.1 Å². The summed E-state index contributed by atoms with van der Waals surface area (Å²) < 4.78 is 28.7. The molecule has 1 radical (unpaired) electrons. The minimum Gasteiger partial charge on any atom is -0.441 e. The zero-order chi connectivity index (χ0) is 72.9. The zero-order valence-electron chi connectivity index (χ0n) is 55.1. The Bertz CT molecular complexity index is 3340. The molecule has 0 saturated carbocycles. The maximum atomic E-state index is 15.2. The van der Waals surface area contributed by atoms with Gasteiger partial charge in [-0.1, -0.05) is 6.92 Å². The molecule has 4 aromatic heterocycles. The molecule has 40 nitrogen and oxygen atoms in total. The summed E-state index contributed by atoms with van der Waals surface area (Å²) in [6.45, 7) is 5.29. The van der Waals surface area contributed by atoms with E-state index in [0.717, 1.165) is 44.9 Å². The number of hydrogen-bond acceptors (Lipinski definition) is 33. The molecule has 6 rings (SSSR count). The SMILES string of the molecule is Cc1c(N)nc(C(CC(N)=O)NCC(N)C(N)=O)nc1C(=O)N[C@H](C(=O)N[C@H](C)[C@@H](O)[C@H](C)C(=O)N[C@H](C(=O)NCCc1nc(-c2nc(C(=O)NCCCNCCCCN)cs2)cs1)[C@@H](C)O)[C@@H](O[C@@H]1O[C@@H](CO)[C@@H](O)[C@H](O)[C@@H]1O[C@H]1O[C@H](CO)[C@@H](O)[C@H](OC(N)=O)[C@@H]1O)c1cnc[nH]1.Cl.[Cu]. The van der Waals surface area contributed by atoms with Crippen LogP contribution in [0.15, 0.2) is 23.3 Å². The number of nitrogens with zero attached hydrogens (tertiary/aromatic N) is 5. The van der Waals surface area contributed by atoms with Crippen LogP contribution in [-0.2, 0) is 71.1 Å². The van der Waals surface area contributed by atoms with Gasteiger partial charge in [-0.05, 0) is 59.7 Å². The van der Waals surface area contributed by atoms with Gasteiger partial charge < -0.3 is 141 Å². The average Bonchev–Trinajstić information content (AvgIpc) is 1.03. The Morgan fingerprint density at radius 2 is 1.44 bits per heavy atom. The summed E-state index contributed by atoms with van der Waals surface area (Å²) in [5.41, 5.74) is 33.6. The van der Waals surface area contributed by atoms with Crippen molar-refractivity contribution >= 4 is 88.3 Å². The quantitative estimate of drug-likeness (QED) is 0.0146. The molecule has 0 aliphatic carbocycles. The van der Waals surface area contributed by atoms with E-state index in [0.29, 0.717) is 28.8 Å². The molecule has 28 N–H and O–H groups in total. The normalized spacial score (nSPS) is 23.1. The predicted molar refractivity (Wildman–Crippen MR) is 353 cm³/mol. The number of carbonyl (C=O) groups excluding carboxylic acids is 8. The standard InChI is InChI=1S/C57H89N19O21S2.ClH.Cu/c1-22-35(73-48(76-46(22)61)27(14-33(60)80)68-15-26(59)47(62)86)52(90)75-37(43(28-16-65-21-69-28)95-56-45(41(84)39(82)31(17-77)94-56)96-55-42(85)44(97-57(63)92)40(83)32(18-78)93-55)53(91)70-24(3)38(81)23(2)49(87)74-36(25(4)79)51(89)67-13-8-34-71-30(20-98-34)54-72-29(19-99-54)50(88)66-12-7-11-64-10-6-5-9-58;;/h16,19-21,23-27,31-32,36-45,55-56,64,68,77-79,81-85H,5-15,17-18,58-59H2,1-4H3,(H2,60,80)(H2,62,86)(H2,63,92)(H,65,69)(H,66,88)(H,67,89)(H,70,91)(H,74,87)(H,75,90)(H2,61,73,76);1H;/t23-,24+,25+,26?,27?,31-,32+,36-,37-,38-,39+,40+,41-,42-,43-,44-,45-,55+,56-;;/m0../s1. The number of rotatable bonds is 39. The fourth-order valence-electron chi connectivity index (χ4n) is 10.2. The van der Waals surface area contributed by atoms with Gasteiger partial charge in [0.1, 0.15) is 94.6 Å². The van der Waals surface area contributed by atoms with Crippen LogP contribution in [0.2, 0.25) is 0 Å². The summed E-state index contributed by atoms with van der Waals surface area (Å²) in [5.74, 6) is -8.74.